The average Bonchev–Trinajstić information content (AvgIpc) is 3.11. The van der Waals surface area contributed by atoms with Crippen molar-refractivity contribution in [3.8, 4) is 5.69 Å². The van der Waals surface area contributed by atoms with Crippen LogP contribution in [-0.4, -0.2) is 37.9 Å². The molecule has 21 heavy (non-hydrogen) atoms. The van der Waals surface area contributed by atoms with Gasteiger partial charge in [0.15, 0.2) is 5.69 Å². The van der Waals surface area contributed by atoms with Crippen molar-refractivity contribution < 1.29 is 4.79 Å². The van der Waals surface area contributed by atoms with E-state index in [9.17, 15) is 4.79 Å². The van der Waals surface area contributed by atoms with Crippen LogP contribution in [0.1, 0.15) is 29.8 Å². The summed E-state index contributed by atoms with van der Waals surface area (Å²) in [6.07, 6.45) is 8.98. The fraction of sp³-hybridized carbons (Fsp3) is 0.312. The Labute approximate surface area is 122 Å². The minimum Gasteiger partial charge on any atom is -0.327 e. The van der Waals surface area contributed by atoms with Crippen molar-refractivity contribution in [3.63, 3.8) is 0 Å². The largest absolute Gasteiger partial charge is 0.327 e. The number of aromatic nitrogens is 3. The fourth-order valence-corrected chi connectivity index (χ4v) is 3.22. The molecule has 1 aromatic heterocycles. The Kier molecular flexibility index (Phi) is 2.84. The first-order valence-corrected chi connectivity index (χ1v) is 7.30. The lowest BCUT2D eigenvalue weighted by molar-refractivity contribution is 0.0682. The third-order valence-corrected chi connectivity index (χ3v) is 4.25. The Morgan fingerprint density at radius 2 is 2.05 bits per heavy atom. The number of nitrogens with zero attached hydrogens (tertiary/aromatic N) is 4. The lowest BCUT2D eigenvalue weighted by atomic mass is 10.1. The van der Waals surface area contributed by atoms with Gasteiger partial charge in [0, 0.05) is 6.04 Å². The number of fused-ring (bicyclic) bond motifs is 2. The van der Waals surface area contributed by atoms with Crippen molar-refractivity contribution in [2.75, 3.05) is 0 Å². The molecule has 5 nitrogen and oxygen atoms in total. The van der Waals surface area contributed by atoms with Crippen molar-refractivity contribution in [1.29, 1.82) is 0 Å². The number of amides is 1. The van der Waals surface area contributed by atoms with Crippen LogP contribution in [0.25, 0.3) is 5.69 Å². The molecule has 0 saturated carbocycles. The maximum atomic E-state index is 12.7. The van der Waals surface area contributed by atoms with E-state index in [0.29, 0.717) is 11.7 Å². The van der Waals surface area contributed by atoms with E-state index < -0.39 is 0 Å². The van der Waals surface area contributed by atoms with Gasteiger partial charge in [-0.15, -0.1) is 5.10 Å². The molecule has 0 radical (unpaired) electrons. The first-order valence-electron chi connectivity index (χ1n) is 7.30. The summed E-state index contributed by atoms with van der Waals surface area (Å²) in [5, 5.41) is 8.56. The monoisotopic (exact) mass is 280 g/mol. The Morgan fingerprint density at radius 1 is 1.19 bits per heavy atom. The molecule has 1 fully saturated rings. The Morgan fingerprint density at radius 3 is 2.86 bits per heavy atom. The molecule has 2 aromatic rings. The van der Waals surface area contributed by atoms with Gasteiger partial charge in [0.05, 0.1) is 17.9 Å². The van der Waals surface area contributed by atoms with Crippen LogP contribution in [0.4, 0.5) is 0 Å². The van der Waals surface area contributed by atoms with Crippen LogP contribution in [0.3, 0.4) is 0 Å². The molecule has 3 heterocycles. The smallest absolute Gasteiger partial charge is 0.276 e. The second-order valence-electron chi connectivity index (χ2n) is 5.53. The molecule has 1 aromatic carbocycles. The quantitative estimate of drug-likeness (QED) is 0.792. The molecular weight excluding hydrogens is 264 g/mol. The highest BCUT2D eigenvalue weighted by Gasteiger charge is 2.38. The predicted octanol–water partition coefficient (Wildman–Crippen LogP) is 2.20. The van der Waals surface area contributed by atoms with Crippen LogP contribution in [0.2, 0.25) is 0 Å². The fourth-order valence-electron chi connectivity index (χ4n) is 3.22. The lowest BCUT2D eigenvalue weighted by Gasteiger charge is -2.30. The number of benzene rings is 1. The van der Waals surface area contributed by atoms with E-state index in [-0.39, 0.29) is 11.9 Å². The molecule has 4 rings (SSSR count). The Hall–Kier alpha value is -2.43. The Balaban J connectivity index is 1.61. The molecule has 0 aliphatic carbocycles. The van der Waals surface area contributed by atoms with Crippen LogP contribution in [0, 0.1) is 0 Å². The van der Waals surface area contributed by atoms with E-state index in [1.165, 1.54) is 4.80 Å². The van der Waals surface area contributed by atoms with Crippen LogP contribution in [0.5, 0.6) is 0 Å². The number of rotatable bonds is 2. The summed E-state index contributed by atoms with van der Waals surface area (Å²) in [5.74, 6) is -0.00553. The van der Waals surface area contributed by atoms with Gasteiger partial charge in [-0.1, -0.05) is 30.4 Å². The zero-order valence-electron chi connectivity index (χ0n) is 11.6. The van der Waals surface area contributed by atoms with Gasteiger partial charge in [0.2, 0.25) is 0 Å². The molecule has 1 saturated heterocycles. The van der Waals surface area contributed by atoms with Gasteiger partial charge >= 0.3 is 0 Å². The molecule has 2 unspecified atom stereocenters. The maximum absolute atomic E-state index is 12.7. The van der Waals surface area contributed by atoms with Crippen LogP contribution < -0.4 is 0 Å². The van der Waals surface area contributed by atoms with Crippen molar-refractivity contribution in [2.24, 2.45) is 0 Å². The van der Waals surface area contributed by atoms with Crippen molar-refractivity contribution >= 4 is 5.91 Å². The molecule has 106 valence electrons. The van der Waals surface area contributed by atoms with Gasteiger partial charge in [-0.25, -0.2) is 0 Å². The highest BCUT2D eigenvalue weighted by molar-refractivity contribution is 5.93. The van der Waals surface area contributed by atoms with Gasteiger partial charge < -0.3 is 4.90 Å². The highest BCUT2D eigenvalue weighted by atomic mass is 16.2. The molecule has 0 spiro atoms. The van der Waals surface area contributed by atoms with Crippen molar-refractivity contribution in [3.05, 3.63) is 54.4 Å². The summed E-state index contributed by atoms with van der Waals surface area (Å²) in [4.78, 5) is 16.2. The minimum atomic E-state index is -0.00553. The second-order valence-corrected chi connectivity index (χ2v) is 5.53. The molecule has 2 aliphatic rings. The summed E-state index contributed by atoms with van der Waals surface area (Å²) in [7, 11) is 0. The van der Waals surface area contributed by atoms with Gasteiger partial charge in [-0.2, -0.15) is 9.90 Å². The summed E-state index contributed by atoms with van der Waals surface area (Å²) < 4.78 is 0. The highest BCUT2D eigenvalue weighted by Crippen LogP contribution is 2.32. The van der Waals surface area contributed by atoms with Gasteiger partial charge in [-0.05, 0) is 31.4 Å². The number of carbonyl (C=O) groups excluding carboxylic acids is 1. The molecular formula is C16H16N4O. The van der Waals surface area contributed by atoms with Crippen molar-refractivity contribution in [1.82, 2.24) is 19.9 Å². The van der Waals surface area contributed by atoms with Crippen LogP contribution >= 0.6 is 0 Å². The van der Waals surface area contributed by atoms with E-state index in [1.807, 2.05) is 35.2 Å². The predicted molar refractivity (Wildman–Crippen MR) is 78.1 cm³/mol. The van der Waals surface area contributed by atoms with Crippen LogP contribution in [-0.2, 0) is 0 Å². The van der Waals surface area contributed by atoms with E-state index in [2.05, 4.69) is 22.3 Å². The Bertz CT molecular complexity index is 691. The van der Waals surface area contributed by atoms with E-state index in [1.54, 1.807) is 6.20 Å². The topological polar surface area (TPSA) is 51.0 Å². The summed E-state index contributed by atoms with van der Waals surface area (Å²) in [6, 6.07) is 10.2. The summed E-state index contributed by atoms with van der Waals surface area (Å²) >= 11 is 0. The summed E-state index contributed by atoms with van der Waals surface area (Å²) in [6.45, 7) is 0. The molecule has 2 atom stereocenters. The second kappa shape index (κ2) is 4.84. The molecule has 5 heteroatoms. The molecule has 2 bridgehead atoms. The minimum absolute atomic E-state index is 0.00553. The first-order chi connectivity index (χ1) is 10.3. The number of carbonyl (C=O) groups is 1. The van der Waals surface area contributed by atoms with Gasteiger partial charge in [-0.3, -0.25) is 4.79 Å². The van der Waals surface area contributed by atoms with E-state index in [4.69, 9.17) is 0 Å². The third kappa shape index (κ3) is 2.05. The molecule has 2 aliphatic heterocycles. The normalized spacial score (nSPS) is 23.5. The number of hydrogen-bond donors (Lipinski definition) is 0. The molecule has 0 N–H and O–H groups in total. The van der Waals surface area contributed by atoms with Gasteiger partial charge in [0.25, 0.3) is 5.91 Å². The standard InChI is InChI=1S/C16H16N4O/c21-16(19-12-7-4-8-13(19)10-9-12)15-11-17-20(18-15)14-5-2-1-3-6-14/h1-7,11-13H,8-10H2. The van der Waals surface area contributed by atoms with Crippen molar-refractivity contribution in [2.45, 2.75) is 31.3 Å². The SMILES string of the molecule is O=C(c1cnn(-c2ccccc2)n1)N1C2C=CCC1CC2. The number of para-hydroxylation sites is 1. The van der Waals surface area contributed by atoms with E-state index >= 15 is 0 Å². The number of hydrogen-bond acceptors (Lipinski definition) is 3. The molecule has 1 amide bonds. The lowest BCUT2D eigenvalue weighted by Crippen LogP contribution is -2.42. The third-order valence-electron chi connectivity index (χ3n) is 4.25. The zero-order chi connectivity index (χ0) is 14.2. The first kappa shape index (κ1) is 12.3. The average molecular weight is 280 g/mol. The van der Waals surface area contributed by atoms with E-state index in [0.717, 1.165) is 24.9 Å². The maximum Gasteiger partial charge on any atom is 0.276 e. The summed E-state index contributed by atoms with van der Waals surface area (Å²) in [5.41, 5.74) is 1.28. The zero-order valence-corrected chi connectivity index (χ0v) is 11.6. The van der Waals surface area contributed by atoms with Crippen LogP contribution in [0.15, 0.2) is 48.7 Å². The van der Waals surface area contributed by atoms with Gasteiger partial charge in [0.1, 0.15) is 0 Å².